The minimum absolute atomic E-state index is 0.0251. The highest BCUT2D eigenvalue weighted by atomic mass is 35.5. The van der Waals surface area contributed by atoms with Crippen molar-refractivity contribution in [3.8, 4) is 0 Å². The Morgan fingerprint density at radius 3 is 2.73 bits per heavy atom. The van der Waals surface area contributed by atoms with Crippen LogP contribution in [0.1, 0.15) is 10.4 Å². The van der Waals surface area contributed by atoms with Crippen LogP contribution in [0.2, 0.25) is 5.02 Å². The summed E-state index contributed by atoms with van der Waals surface area (Å²) < 4.78 is 0. The van der Waals surface area contributed by atoms with Crippen molar-refractivity contribution in [2.24, 2.45) is 0 Å². The van der Waals surface area contributed by atoms with Gasteiger partial charge in [-0.05, 0) is 0 Å². The number of carbonyl (C=O) groups is 1. The maximum atomic E-state index is 10.6. The van der Waals surface area contributed by atoms with Gasteiger partial charge in [0, 0.05) is 12.3 Å². The number of aromatic amines is 1. The van der Waals surface area contributed by atoms with Crippen LogP contribution in [0.4, 0.5) is 0 Å². The van der Waals surface area contributed by atoms with Gasteiger partial charge in [0.25, 0.3) is 0 Å². The number of halogens is 1. The second-order valence-electron chi connectivity index (χ2n) is 1.86. The summed E-state index contributed by atoms with van der Waals surface area (Å²) in [5, 5.41) is 8.48. The number of hydrogen-bond acceptors (Lipinski definition) is 2. The number of hydrogen-bond donors (Lipinski definition) is 2. The van der Waals surface area contributed by atoms with Crippen LogP contribution in [-0.2, 0) is 0 Å². The van der Waals surface area contributed by atoms with E-state index in [1.54, 1.807) is 0 Å². The van der Waals surface area contributed by atoms with Gasteiger partial charge in [-0.15, -0.1) is 0 Å². The maximum Gasteiger partial charge on any atom is 0.337 e. The predicted octanol–water partition coefficient (Wildman–Crippen LogP) is 0.726. The fourth-order valence-electron chi connectivity index (χ4n) is 0.618. The molecule has 0 bridgehead atoms. The number of carboxylic acids is 1. The molecule has 1 heterocycles. The highest BCUT2D eigenvalue weighted by Crippen LogP contribution is 2.10. The fraction of sp³-hybridized carbons (Fsp3) is 0. The Hall–Kier alpha value is -1.29. The molecule has 0 saturated heterocycles. The van der Waals surface area contributed by atoms with Crippen LogP contribution in [0.5, 0.6) is 0 Å². The first-order valence-corrected chi connectivity index (χ1v) is 3.10. The van der Waals surface area contributed by atoms with E-state index in [0.717, 1.165) is 12.3 Å². The molecule has 1 aromatic heterocycles. The predicted molar refractivity (Wildman–Crippen MR) is 39.0 cm³/mol. The number of nitrogens with one attached hydrogen (secondary N) is 1. The van der Waals surface area contributed by atoms with Gasteiger partial charge in [0.15, 0.2) is 0 Å². The van der Waals surface area contributed by atoms with Crippen molar-refractivity contribution in [1.29, 1.82) is 0 Å². The van der Waals surface area contributed by atoms with Gasteiger partial charge in [-0.25, -0.2) is 4.79 Å². The van der Waals surface area contributed by atoms with E-state index < -0.39 is 11.5 Å². The van der Waals surface area contributed by atoms with Crippen molar-refractivity contribution in [1.82, 2.24) is 4.98 Å². The van der Waals surface area contributed by atoms with E-state index in [2.05, 4.69) is 4.98 Å². The second-order valence-corrected chi connectivity index (χ2v) is 2.27. The Balaban J connectivity index is 3.35. The van der Waals surface area contributed by atoms with Gasteiger partial charge < -0.3 is 10.1 Å². The molecule has 0 aliphatic rings. The zero-order valence-corrected chi connectivity index (χ0v) is 6.05. The Kier molecular flexibility index (Phi) is 1.96. The molecule has 0 aliphatic carbocycles. The topological polar surface area (TPSA) is 70.2 Å². The van der Waals surface area contributed by atoms with Gasteiger partial charge >= 0.3 is 5.97 Å². The lowest BCUT2D eigenvalue weighted by Gasteiger charge is -1.94. The molecule has 0 saturated carbocycles. The van der Waals surface area contributed by atoms with Crippen LogP contribution in [0.25, 0.3) is 0 Å². The maximum absolute atomic E-state index is 10.6. The molecule has 0 unspecified atom stereocenters. The first-order valence-electron chi connectivity index (χ1n) is 2.73. The Bertz CT molecular complexity index is 344. The molecule has 58 valence electrons. The molecule has 4 nitrogen and oxygen atoms in total. The summed E-state index contributed by atoms with van der Waals surface area (Å²) in [4.78, 5) is 23.2. The zero-order valence-electron chi connectivity index (χ0n) is 5.30. The number of aromatic nitrogens is 1. The third kappa shape index (κ3) is 1.59. The van der Waals surface area contributed by atoms with Crippen LogP contribution in [-0.4, -0.2) is 16.1 Å². The first-order chi connectivity index (χ1) is 5.11. The van der Waals surface area contributed by atoms with Gasteiger partial charge in [0.05, 0.1) is 10.6 Å². The van der Waals surface area contributed by atoms with Crippen molar-refractivity contribution < 1.29 is 9.90 Å². The lowest BCUT2D eigenvalue weighted by Crippen LogP contribution is -2.08. The van der Waals surface area contributed by atoms with E-state index in [9.17, 15) is 9.59 Å². The van der Waals surface area contributed by atoms with Crippen LogP contribution < -0.4 is 5.56 Å². The van der Waals surface area contributed by atoms with Crippen molar-refractivity contribution >= 4 is 17.6 Å². The Labute approximate surface area is 66.4 Å². The number of H-pyrrole nitrogens is 1. The molecule has 0 aliphatic heterocycles. The number of rotatable bonds is 1. The van der Waals surface area contributed by atoms with Crippen LogP contribution in [0, 0.1) is 0 Å². The SMILES string of the molecule is O=C(O)c1cc(=O)[nH]cc1Cl. The molecule has 2 N–H and O–H groups in total. The van der Waals surface area contributed by atoms with Crippen molar-refractivity contribution in [2.75, 3.05) is 0 Å². The van der Waals surface area contributed by atoms with Crippen LogP contribution in [0.15, 0.2) is 17.1 Å². The monoisotopic (exact) mass is 173 g/mol. The van der Waals surface area contributed by atoms with Gasteiger partial charge in [-0.3, -0.25) is 4.79 Å². The van der Waals surface area contributed by atoms with E-state index >= 15 is 0 Å². The van der Waals surface area contributed by atoms with Crippen molar-refractivity contribution in [3.63, 3.8) is 0 Å². The normalized spacial score (nSPS) is 9.55. The Morgan fingerprint density at radius 1 is 1.64 bits per heavy atom. The summed E-state index contributed by atoms with van der Waals surface area (Å²) in [6, 6.07) is 0.935. The minimum atomic E-state index is -1.21. The van der Waals surface area contributed by atoms with Gasteiger partial charge in [-0.2, -0.15) is 0 Å². The summed E-state index contributed by atoms with van der Waals surface area (Å²) in [7, 11) is 0. The van der Waals surface area contributed by atoms with E-state index in [-0.39, 0.29) is 10.6 Å². The zero-order chi connectivity index (χ0) is 8.43. The molecule has 5 heteroatoms. The smallest absolute Gasteiger partial charge is 0.337 e. The van der Waals surface area contributed by atoms with Crippen molar-refractivity contribution in [2.45, 2.75) is 0 Å². The second kappa shape index (κ2) is 2.75. The molecule has 11 heavy (non-hydrogen) atoms. The molecule has 0 fully saturated rings. The third-order valence-corrected chi connectivity index (χ3v) is 1.42. The summed E-state index contributed by atoms with van der Waals surface area (Å²) in [5.74, 6) is -1.21. The third-order valence-electron chi connectivity index (χ3n) is 1.10. The molecule has 1 aromatic rings. The van der Waals surface area contributed by atoms with E-state index in [4.69, 9.17) is 16.7 Å². The highest BCUT2D eigenvalue weighted by molar-refractivity contribution is 6.33. The van der Waals surface area contributed by atoms with Crippen LogP contribution >= 0.6 is 11.6 Å². The standard InChI is InChI=1S/C6H4ClNO3/c7-4-2-8-5(9)1-3(4)6(10)11/h1-2H,(H,8,9)(H,10,11). The number of pyridine rings is 1. The summed E-state index contributed by atoms with van der Waals surface area (Å²) in [5.41, 5.74) is -0.665. The molecular formula is C6H4ClNO3. The highest BCUT2D eigenvalue weighted by Gasteiger charge is 2.07. The first kappa shape index (κ1) is 7.81. The molecule has 0 amide bonds. The fourth-order valence-corrected chi connectivity index (χ4v) is 0.808. The number of carboxylic acid groups (broad SMARTS) is 1. The summed E-state index contributed by atoms with van der Waals surface area (Å²) in [6.45, 7) is 0. The molecule has 0 aromatic carbocycles. The molecule has 0 radical (unpaired) electrons. The van der Waals surface area contributed by atoms with E-state index in [1.165, 1.54) is 0 Å². The van der Waals surface area contributed by atoms with Gasteiger partial charge in [0.1, 0.15) is 0 Å². The molecular weight excluding hydrogens is 170 g/mol. The Morgan fingerprint density at radius 2 is 2.27 bits per heavy atom. The van der Waals surface area contributed by atoms with E-state index in [1.807, 2.05) is 0 Å². The lowest BCUT2D eigenvalue weighted by atomic mass is 10.3. The lowest BCUT2D eigenvalue weighted by molar-refractivity contribution is 0.0697. The van der Waals surface area contributed by atoms with E-state index in [0.29, 0.717) is 0 Å². The minimum Gasteiger partial charge on any atom is -0.478 e. The number of aromatic carboxylic acids is 1. The largest absolute Gasteiger partial charge is 0.478 e. The molecule has 0 spiro atoms. The molecule has 0 atom stereocenters. The average Bonchev–Trinajstić information content (AvgIpc) is 1.94. The van der Waals surface area contributed by atoms with Crippen molar-refractivity contribution in [3.05, 3.63) is 33.2 Å². The van der Waals surface area contributed by atoms with Gasteiger partial charge in [0.2, 0.25) is 5.56 Å². The summed E-state index contributed by atoms with van der Waals surface area (Å²) >= 11 is 5.44. The summed E-state index contributed by atoms with van der Waals surface area (Å²) in [6.07, 6.45) is 1.15. The molecule has 1 rings (SSSR count). The van der Waals surface area contributed by atoms with Crippen LogP contribution in [0.3, 0.4) is 0 Å². The quantitative estimate of drug-likeness (QED) is 0.658. The average molecular weight is 174 g/mol. The van der Waals surface area contributed by atoms with Gasteiger partial charge in [-0.1, -0.05) is 11.6 Å².